The van der Waals surface area contributed by atoms with E-state index in [-0.39, 0.29) is 5.91 Å². The van der Waals surface area contributed by atoms with E-state index in [1.807, 2.05) is 13.8 Å². The van der Waals surface area contributed by atoms with Gasteiger partial charge in [0.15, 0.2) is 0 Å². The lowest BCUT2D eigenvalue weighted by Gasteiger charge is -2.06. The molecule has 6 nitrogen and oxygen atoms in total. The Morgan fingerprint density at radius 2 is 2.35 bits per heavy atom. The predicted octanol–water partition coefficient (Wildman–Crippen LogP) is -0.0835. The van der Waals surface area contributed by atoms with E-state index in [0.29, 0.717) is 38.5 Å². The monoisotopic (exact) mass is 240 g/mol. The lowest BCUT2D eigenvalue weighted by atomic mass is 10.3. The first-order chi connectivity index (χ1) is 8.19. The normalized spacial score (nSPS) is 10.5. The van der Waals surface area contributed by atoms with Gasteiger partial charge in [0.25, 0.3) is 5.91 Å². The second kappa shape index (κ2) is 7.03. The van der Waals surface area contributed by atoms with Gasteiger partial charge in [-0.15, -0.1) is 0 Å². The smallest absolute Gasteiger partial charge is 0.269 e. The van der Waals surface area contributed by atoms with E-state index in [4.69, 9.17) is 10.5 Å². The van der Waals surface area contributed by atoms with Crippen LogP contribution < -0.4 is 11.1 Å². The zero-order valence-electron chi connectivity index (χ0n) is 10.4. The number of aryl methyl sites for hydroxylation is 2. The number of amides is 1. The topological polar surface area (TPSA) is 82.2 Å². The molecule has 0 radical (unpaired) electrons. The fourth-order valence-corrected chi connectivity index (χ4v) is 1.48. The van der Waals surface area contributed by atoms with Gasteiger partial charge in [-0.1, -0.05) is 0 Å². The molecule has 1 rings (SSSR count). The molecule has 0 spiro atoms. The molecular weight excluding hydrogens is 220 g/mol. The van der Waals surface area contributed by atoms with Gasteiger partial charge in [0.2, 0.25) is 0 Å². The number of nitrogens with one attached hydrogen (secondary N) is 1. The highest BCUT2D eigenvalue weighted by atomic mass is 16.5. The van der Waals surface area contributed by atoms with Crippen LogP contribution in [0.5, 0.6) is 0 Å². The van der Waals surface area contributed by atoms with E-state index in [0.717, 1.165) is 5.69 Å². The van der Waals surface area contributed by atoms with Crippen LogP contribution in [0, 0.1) is 6.92 Å². The summed E-state index contributed by atoms with van der Waals surface area (Å²) in [6.45, 7) is 6.47. The number of rotatable bonds is 7. The average molecular weight is 240 g/mol. The van der Waals surface area contributed by atoms with Crippen LogP contribution in [0.15, 0.2) is 6.07 Å². The molecule has 0 aromatic carbocycles. The molecule has 1 aromatic rings. The van der Waals surface area contributed by atoms with Gasteiger partial charge in [0.1, 0.15) is 5.69 Å². The molecule has 0 saturated carbocycles. The van der Waals surface area contributed by atoms with Crippen molar-refractivity contribution in [2.45, 2.75) is 20.4 Å². The van der Waals surface area contributed by atoms with Crippen molar-refractivity contribution in [1.29, 1.82) is 0 Å². The summed E-state index contributed by atoms with van der Waals surface area (Å²) in [6.07, 6.45) is 0. The summed E-state index contributed by atoms with van der Waals surface area (Å²) in [4.78, 5) is 11.8. The van der Waals surface area contributed by atoms with Crippen LogP contribution in [0.2, 0.25) is 0 Å². The number of ether oxygens (including phenoxy) is 1. The van der Waals surface area contributed by atoms with E-state index < -0.39 is 0 Å². The van der Waals surface area contributed by atoms with Crippen LogP contribution in [-0.4, -0.2) is 42.0 Å². The molecular formula is C11H20N4O2. The van der Waals surface area contributed by atoms with E-state index >= 15 is 0 Å². The van der Waals surface area contributed by atoms with Crippen molar-refractivity contribution in [3.8, 4) is 0 Å². The molecule has 0 aliphatic heterocycles. The Hall–Kier alpha value is -1.40. The summed E-state index contributed by atoms with van der Waals surface area (Å²) < 4.78 is 6.85. The minimum Gasteiger partial charge on any atom is -0.378 e. The van der Waals surface area contributed by atoms with Gasteiger partial charge in [-0.05, 0) is 19.9 Å². The van der Waals surface area contributed by atoms with E-state index in [1.54, 1.807) is 10.7 Å². The lowest BCUT2D eigenvalue weighted by Crippen LogP contribution is -2.29. The highest BCUT2D eigenvalue weighted by Crippen LogP contribution is 2.03. The van der Waals surface area contributed by atoms with Crippen molar-refractivity contribution in [2.24, 2.45) is 5.73 Å². The minimum atomic E-state index is -0.121. The number of nitrogens with two attached hydrogens (primary N) is 1. The van der Waals surface area contributed by atoms with Crippen LogP contribution in [0.1, 0.15) is 23.1 Å². The molecule has 0 atom stereocenters. The molecule has 1 amide bonds. The lowest BCUT2D eigenvalue weighted by molar-refractivity contribution is 0.0909. The Labute approximate surface area is 101 Å². The zero-order chi connectivity index (χ0) is 12.7. The quantitative estimate of drug-likeness (QED) is 0.653. The molecule has 0 aliphatic carbocycles. The fourth-order valence-electron chi connectivity index (χ4n) is 1.48. The maximum atomic E-state index is 11.8. The predicted molar refractivity (Wildman–Crippen MR) is 64.8 cm³/mol. The molecule has 1 aromatic heterocycles. The van der Waals surface area contributed by atoms with Gasteiger partial charge >= 0.3 is 0 Å². The number of nitrogens with zero attached hydrogens (tertiary/aromatic N) is 2. The van der Waals surface area contributed by atoms with Gasteiger partial charge in [-0.2, -0.15) is 5.10 Å². The van der Waals surface area contributed by atoms with Crippen molar-refractivity contribution in [3.05, 3.63) is 17.5 Å². The number of hydrogen-bond acceptors (Lipinski definition) is 4. The first kappa shape index (κ1) is 13.7. The Morgan fingerprint density at radius 3 is 3.00 bits per heavy atom. The SMILES string of the molecule is CCn1nc(C)cc1C(=O)NCCOCCN. The third-order valence-corrected chi connectivity index (χ3v) is 2.23. The van der Waals surface area contributed by atoms with E-state index in [9.17, 15) is 4.79 Å². The Bertz CT molecular complexity index is 362. The van der Waals surface area contributed by atoms with Crippen LogP contribution in [-0.2, 0) is 11.3 Å². The molecule has 0 bridgehead atoms. The van der Waals surface area contributed by atoms with Crippen molar-refractivity contribution in [1.82, 2.24) is 15.1 Å². The number of hydrogen-bond donors (Lipinski definition) is 2. The third kappa shape index (κ3) is 4.16. The molecule has 0 fully saturated rings. The second-order valence-electron chi connectivity index (χ2n) is 3.64. The molecule has 3 N–H and O–H groups in total. The largest absolute Gasteiger partial charge is 0.378 e. The van der Waals surface area contributed by atoms with Crippen LogP contribution in [0.3, 0.4) is 0 Å². The zero-order valence-corrected chi connectivity index (χ0v) is 10.4. The molecule has 96 valence electrons. The first-order valence-corrected chi connectivity index (χ1v) is 5.79. The Morgan fingerprint density at radius 1 is 1.59 bits per heavy atom. The van der Waals surface area contributed by atoms with Crippen LogP contribution in [0.4, 0.5) is 0 Å². The number of carbonyl (C=O) groups is 1. The highest BCUT2D eigenvalue weighted by molar-refractivity contribution is 5.92. The summed E-state index contributed by atoms with van der Waals surface area (Å²) in [5.74, 6) is -0.121. The molecule has 0 unspecified atom stereocenters. The van der Waals surface area contributed by atoms with Crippen molar-refractivity contribution in [2.75, 3.05) is 26.3 Å². The van der Waals surface area contributed by atoms with Crippen LogP contribution in [0.25, 0.3) is 0 Å². The second-order valence-corrected chi connectivity index (χ2v) is 3.64. The van der Waals surface area contributed by atoms with Crippen molar-refractivity contribution >= 4 is 5.91 Å². The van der Waals surface area contributed by atoms with Gasteiger partial charge in [-0.3, -0.25) is 9.48 Å². The molecule has 6 heteroatoms. The Kier molecular flexibility index (Phi) is 5.65. The molecule has 0 aliphatic rings. The molecule has 0 saturated heterocycles. The summed E-state index contributed by atoms with van der Waals surface area (Å²) in [5.41, 5.74) is 6.71. The number of carbonyl (C=O) groups excluding carboxylic acids is 1. The fraction of sp³-hybridized carbons (Fsp3) is 0.636. The maximum Gasteiger partial charge on any atom is 0.269 e. The van der Waals surface area contributed by atoms with Crippen molar-refractivity contribution in [3.63, 3.8) is 0 Å². The standard InChI is InChI=1S/C11H20N4O2/c1-3-15-10(8-9(2)14-15)11(16)13-5-7-17-6-4-12/h8H,3-7,12H2,1-2H3,(H,13,16). The van der Waals surface area contributed by atoms with Crippen LogP contribution >= 0.6 is 0 Å². The summed E-state index contributed by atoms with van der Waals surface area (Å²) in [5, 5.41) is 7.00. The minimum absolute atomic E-state index is 0.121. The van der Waals surface area contributed by atoms with E-state index in [1.165, 1.54) is 0 Å². The maximum absolute atomic E-state index is 11.8. The summed E-state index contributed by atoms with van der Waals surface area (Å²) >= 11 is 0. The summed E-state index contributed by atoms with van der Waals surface area (Å²) in [6, 6.07) is 1.78. The third-order valence-electron chi connectivity index (χ3n) is 2.23. The first-order valence-electron chi connectivity index (χ1n) is 5.79. The van der Waals surface area contributed by atoms with Gasteiger partial charge in [0.05, 0.1) is 18.9 Å². The van der Waals surface area contributed by atoms with Gasteiger partial charge < -0.3 is 15.8 Å². The highest BCUT2D eigenvalue weighted by Gasteiger charge is 2.11. The van der Waals surface area contributed by atoms with Crippen molar-refractivity contribution < 1.29 is 9.53 Å². The van der Waals surface area contributed by atoms with Gasteiger partial charge in [-0.25, -0.2) is 0 Å². The average Bonchev–Trinajstić information content (AvgIpc) is 2.70. The number of aromatic nitrogens is 2. The van der Waals surface area contributed by atoms with E-state index in [2.05, 4.69) is 10.4 Å². The van der Waals surface area contributed by atoms with Gasteiger partial charge in [0, 0.05) is 19.6 Å². The molecule has 17 heavy (non-hydrogen) atoms. The summed E-state index contributed by atoms with van der Waals surface area (Å²) in [7, 11) is 0. The Balaban J connectivity index is 2.41. The molecule has 1 heterocycles.